The minimum Gasteiger partial charge on any atom is -0.384 e. The Balaban J connectivity index is 2.87. The molecule has 0 spiro atoms. The first-order chi connectivity index (χ1) is 6.68. The van der Waals surface area contributed by atoms with Crippen LogP contribution in [-0.2, 0) is 0 Å². The number of benzene rings is 1. The summed E-state index contributed by atoms with van der Waals surface area (Å²) in [7, 11) is 0. The number of rotatable bonds is 1. The van der Waals surface area contributed by atoms with Gasteiger partial charge in [-0.3, -0.25) is 10.4 Å². The number of aromatic nitrogens is 1. The van der Waals surface area contributed by atoms with Crippen LogP contribution in [0.4, 0.5) is 0 Å². The Morgan fingerprint density at radius 1 is 1.43 bits per heavy atom. The number of hydrogen-bond acceptors (Lipinski definition) is 2. The number of nitrogen functional groups attached to an aromatic ring is 1. The topological polar surface area (TPSA) is 62.8 Å². The summed E-state index contributed by atoms with van der Waals surface area (Å²) in [5.74, 6) is 0.0173. The zero-order valence-corrected chi connectivity index (χ0v) is 8.05. The Bertz CT molecular complexity index is 508. The van der Waals surface area contributed by atoms with Gasteiger partial charge < -0.3 is 5.73 Å². The highest BCUT2D eigenvalue weighted by Crippen LogP contribution is 2.22. The van der Waals surface area contributed by atoms with Crippen molar-refractivity contribution in [2.75, 3.05) is 0 Å². The minimum atomic E-state index is 0.0173. The summed E-state index contributed by atoms with van der Waals surface area (Å²) >= 11 is 5.89. The molecule has 0 fully saturated rings. The Hall–Kier alpha value is -1.61. The van der Waals surface area contributed by atoms with E-state index in [2.05, 4.69) is 4.98 Å². The molecule has 0 saturated heterocycles. The number of hydrogen-bond donors (Lipinski definition) is 2. The normalized spacial score (nSPS) is 10.4. The van der Waals surface area contributed by atoms with E-state index >= 15 is 0 Å². The Labute approximate surface area is 86.0 Å². The van der Waals surface area contributed by atoms with E-state index in [1.807, 2.05) is 6.07 Å². The summed E-state index contributed by atoms with van der Waals surface area (Å²) in [6.07, 6.45) is 3.37. The molecule has 0 atom stereocenters. The van der Waals surface area contributed by atoms with Gasteiger partial charge in [0.2, 0.25) is 0 Å². The highest BCUT2D eigenvalue weighted by molar-refractivity contribution is 6.32. The second-order valence-electron chi connectivity index (χ2n) is 2.96. The molecule has 70 valence electrons. The van der Waals surface area contributed by atoms with Crippen LogP contribution in [0.2, 0.25) is 5.02 Å². The van der Waals surface area contributed by atoms with Gasteiger partial charge in [-0.05, 0) is 23.6 Å². The van der Waals surface area contributed by atoms with Crippen LogP contribution < -0.4 is 5.73 Å². The van der Waals surface area contributed by atoms with Crippen molar-refractivity contribution in [3.05, 3.63) is 41.2 Å². The fraction of sp³-hybridized carbons (Fsp3) is 0. The summed E-state index contributed by atoms with van der Waals surface area (Å²) in [6.45, 7) is 0. The van der Waals surface area contributed by atoms with Crippen LogP contribution in [0.5, 0.6) is 0 Å². The summed E-state index contributed by atoms with van der Waals surface area (Å²) in [5.41, 5.74) is 6.10. The standard InChI is InChI=1S/C10H8ClN3/c11-7-3-6-5-14-2-1-8(6)9(4-7)10(12)13/h1-5H,(H3,12,13). The van der Waals surface area contributed by atoms with E-state index in [0.717, 1.165) is 10.8 Å². The fourth-order valence-electron chi connectivity index (χ4n) is 1.40. The van der Waals surface area contributed by atoms with E-state index in [9.17, 15) is 0 Å². The first-order valence-corrected chi connectivity index (χ1v) is 4.44. The van der Waals surface area contributed by atoms with Gasteiger partial charge in [0.15, 0.2) is 0 Å². The maximum Gasteiger partial charge on any atom is 0.123 e. The molecule has 14 heavy (non-hydrogen) atoms. The summed E-state index contributed by atoms with van der Waals surface area (Å²) < 4.78 is 0. The highest BCUT2D eigenvalue weighted by Gasteiger charge is 2.05. The van der Waals surface area contributed by atoms with Crippen molar-refractivity contribution in [1.82, 2.24) is 4.98 Å². The Kier molecular flexibility index (Phi) is 2.09. The molecule has 1 heterocycles. The third kappa shape index (κ3) is 1.42. The van der Waals surface area contributed by atoms with Crippen molar-refractivity contribution in [2.45, 2.75) is 0 Å². The number of nitrogens with two attached hydrogens (primary N) is 1. The maximum atomic E-state index is 7.41. The third-order valence-electron chi connectivity index (χ3n) is 2.01. The van der Waals surface area contributed by atoms with Crippen molar-refractivity contribution in [1.29, 1.82) is 5.41 Å². The van der Waals surface area contributed by atoms with E-state index in [4.69, 9.17) is 22.7 Å². The molecule has 0 aliphatic rings. The first kappa shape index (κ1) is 8.97. The maximum absolute atomic E-state index is 7.41. The summed E-state index contributed by atoms with van der Waals surface area (Å²) in [4.78, 5) is 3.98. The number of pyridine rings is 1. The van der Waals surface area contributed by atoms with Crippen LogP contribution in [0.1, 0.15) is 5.56 Å². The Morgan fingerprint density at radius 3 is 2.93 bits per heavy atom. The molecular weight excluding hydrogens is 198 g/mol. The number of fused-ring (bicyclic) bond motifs is 1. The predicted octanol–water partition coefficient (Wildman–Crippen LogP) is 2.17. The van der Waals surface area contributed by atoms with Crippen LogP contribution in [0.25, 0.3) is 10.8 Å². The van der Waals surface area contributed by atoms with Crippen molar-refractivity contribution in [3.8, 4) is 0 Å². The van der Waals surface area contributed by atoms with Crippen LogP contribution in [-0.4, -0.2) is 10.8 Å². The lowest BCUT2D eigenvalue weighted by Crippen LogP contribution is -2.11. The lowest BCUT2D eigenvalue weighted by atomic mass is 10.1. The van der Waals surface area contributed by atoms with Gasteiger partial charge in [0.05, 0.1) is 0 Å². The van der Waals surface area contributed by atoms with Gasteiger partial charge in [0, 0.05) is 28.4 Å². The van der Waals surface area contributed by atoms with Gasteiger partial charge in [0.1, 0.15) is 5.84 Å². The molecule has 3 nitrogen and oxygen atoms in total. The molecule has 3 N–H and O–H groups in total. The second kappa shape index (κ2) is 3.27. The van der Waals surface area contributed by atoms with Gasteiger partial charge in [-0.2, -0.15) is 0 Å². The van der Waals surface area contributed by atoms with E-state index in [-0.39, 0.29) is 5.84 Å². The Morgan fingerprint density at radius 2 is 2.21 bits per heavy atom. The van der Waals surface area contributed by atoms with E-state index in [0.29, 0.717) is 10.6 Å². The van der Waals surface area contributed by atoms with Gasteiger partial charge in [0.25, 0.3) is 0 Å². The molecule has 1 aromatic carbocycles. The van der Waals surface area contributed by atoms with Crippen LogP contribution in [0.15, 0.2) is 30.6 Å². The molecule has 2 rings (SSSR count). The van der Waals surface area contributed by atoms with Crippen molar-refractivity contribution >= 4 is 28.2 Å². The highest BCUT2D eigenvalue weighted by atomic mass is 35.5. The minimum absolute atomic E-state index is 0.0173. The van der Waals surface area contributed by atoms with E-state index in [1.165, 1.54) is 0 Å². The van der Waals surface area contributed by atoms with Gasteiger partial charge >= 0.3 is 0 Å². The van der Waals surface area contributed by atoms with Crippen LogP contribution in [0, 0.1) is 5.41 Å². The molecule has 4 heteroatoms. The predicted molar refractivity (Wildman–Crippen MR) is 57.8 cm³/mol. The zero-order valence-electron chi connectivity index (χ0n) is 7.29. The van der Waals surface area contributed by atoms with Crippen LogP contribution in [0.3, 0.4) is 0 Å². The number of amidine groups is 1. The average molecular weight is 206 g/mol. The molecule has 0 bridgehead atoms. The fourth-order valence-corrected chi connectivity index (χ4v) is 1.62. The van der Waals surface area contributed by atoms with Gasteiger partial charge in [-0.1, -0.05) is 11.6 Å². The van der Waals surface area contributed by atoms with E-state index in [1.54, 1.807) is 24.5 Å². The number of halogens is 1. The van der Waals surface area contributed by atoms with Gasteiger partial charge in [-0.15, -0.1) is 0 Å². The van der Waals surface area contributed by atoms with Crippen molar-refractivity contribution < 1.29 is 0 Å². The number of nitrogens with zero attached hydrogens (tertiary/aromatic N) is 1. The zero-order chi connectivity index (χ0) is 10.1. The smallest absolute Gasteiger partial charge is 0.123 e. The molecule has 0 aliphatic heterocycles. The SMILES string of the molecule is N=C(N)c1cc(Cl)cc2cnccc12. The average Bonchev–Trinajstić information content (AvgIpc) is 2.16. The monoisotopic (exact) mass is 205 g/mol. The van der Waals surface area contributed by atoms with E-state index < -0.39 is 0 Å². The van der Waals surface area contributed by atoms with Crippen molar-refractivity contribution in [2.24, 2.45) is 5.73 Å². The molecule has 1 aromatic heterocycles. The molecule has 0 unspecified atom stereocenters. The second-order valence-corrected chi connectivity index (χ2v) is 3.40. The first-order valence-electron chi connectivity index (χ1n) is 4.06. The van der Waals surface area contributed by atoms with Crippen molar-refractivity contribution in [3.63, 3.8) is 0 Å². The molecule has 2 aromatic rings. The molecule has 0 aliphatic carbocycles. The summed E-state index contributed by atoms with van der Waals surface area (Å²) in [6, 6.07) is 5.31. The molecule has 0 radical (unpaired) electrons. The lowest BCUT2D eigenvalue weighted by Gasteiger charge is -2.04. The molecule has 0 amide bonds. The largest absolute Gasteiger partial charge is 0.384 e. The van der Waals surface area contributed by atoms with Crippen LogP contribution >= 0.6 is 11.6 Å². The third-order valence-corrected chi connectivity index (χ3v) is 2.23. The van der Waals surface area contributed by atoms with Gasteiger partial charge in [-0.25, -0.2) is 0 Å². The molecular formula is C10H8ClN3. The quantitative estimate of drug-likeness (QED) is 0.554. The lowest BCUT2D eigenvalue weighted by molar-refractivity contribution is 1.36. The number of nitrogens with one attached hydrogen (secondary N) is 1. The summed E-state index contributed by atoms with van der Waals surface area (Å²) in [5, 5.41) is 9.77. The molecule has 0 saturated carbocycles.